The Kier molecular flexibility index (Phi) is 5.60. The molecule has 0 spiro atoms. The zero-order valence-electron chi connectivity index (χ0n) is 17.4. The van der Waals surface area contributed by atoms with Crippen molar-refractivity contribution < 1.29 is 14.5 Å². The largest absolute Gasteiger partial charge is 0.379 e. The molecule has 1 saturated heterocycles. The molecular weight excluding hydrogens is 384 g/mol. The predicted molar refractivity (Wildman–Crippen MR) is 114 cm³/mol. The van der Waals surface area contributed by atoms with E-state index in [0.29, 0.717) is 17.9 Å². The molecule has 1 aliphatic heterocycles. The van der Waals surface area contributed by atoms with Gasteiger partial charge in [-0.15, -0.1) is 0 Å². The summed E-state index contributed by atoms with van der Waals surface area (Å²) in [5.74, 6) is -0.854. The zero-order chi connectivity index (χ0) is 21.4. The highest BCUT2D eigenvalue weighted by Gasteiger charge is 2.59. The third-order valence-corrected chi connectivity index (χ3v) is 6.77. The molecule has 160 valence electrons. The van der Waals surface area contributed by atoms with Crippen LogP contribution in [0.25, 0.3) is 0 Å². The van der Waals surface area contributed by atoms with E-state index in [1.54, 1.807) is 12.1 Å². The number of hydrogen-bond acceptors (Lipinski definition) is 6. The highest BCUT2D eigenvalue weighted by atomic mass is 16.6. The van der Waals surface area contributed by atoms with Crippen LogP contribution in [0.2, 0.25) is 0 Å². The van der Waals surface area contributed by atoms with Crippen molar-refractivity contribution in [2.24, 2.45) is 23.7 Å². The van der Waals surface area contributed by atoms with E-state index in [4.69, 9.17) is 0 Å². The van der Waals surface area contributed by atoms with Crippen molar-refractivity contribution in [2.75, 3.05) is 36.4 Å². The Morgan fingerprint density at radius 3 is 2.33 bits per heavy atom. The molecule has 1 aromatic carbocycles. The topological polar surface area (TPSA) is 95.8 Å². The Hall–Kier alpha value is -2.74. The lowest BCUT2D eigenvalue weighted by Gasteiger charge is -2.19. The minimum Gasteiger partial charge on any atom is -0.379 e. The van der Waals surface area contributed by atoms with Crippen molar-refractivity contribution in [1.82, 2.24) is 4.90 Å². The van der Waals surface area contributed by atoms with Crippen LogP contribution in [-0.4, -0.2) is 47.8 Å². The quantitative estimate of drug-likeness (QED) is 0.220. The lowest BCUT2D eigenvalue weighted by Crippen LogP contribution is -2.32. The Bertz CT molecular complexity index is 865. The second-order valence-corrected chi connectivity index (χ2v) is 8.28. The molecule has 2 bridgehead atoms. The van der Waals surface area contributed by atoms with E-state index in [0.717, 1.165) is 32.5 Å². The molecule has 2 amide bonds. The maximum absolute atomic E-state index is 13.0. The molecule has 1 heterocycles. The SMILES string of the molecule is CCN(CC)CCCNc1ccc(N2C(=O)C3C4C=CC(C4)C3C2=O)cc1[N+](=O)[O-]. The van der Waals surface area contributed by atoms with Gasteiger partial charge in [0.25, 0.3) is 5.69 Å². The minimum absolute atomic E-state index is 0.114. The van der Waals surface area contributed by atoms with Crippen LogP contribution in [0.5, 0.6) is 0 Å². The standard InChI is InChI=1S/C22H28N4O4/c1-3-24(4-2)11-5-10-23-17-9-8-16(13-18(17)26(29)30)25-21(27)19-14-6-7-15(12-14)20(19)22(25)28/h6-9,13-15,19-20,23H,3-5,10-12H2,1-2H3. The van der Waals surface area contributed by atoms with Gasteiger partial charge in [0.1, 0.15) is 5.69 Å². The molecule has 30 heavy (non-hydrogen) atoms. The first kappa shape index (κ1) is 20.5. The molecule has 8 heteroatoms. The Labute approximate surface area is 176 Å². The molecule has 4 atom stereocenters. The van der Waals surface area contributed by atoms with Crippen LogP contribution in [0.3, 0.4) is 0 Å². The molecule has 2 aliphatic carbocycles. The number of imide groups is 1. The zero-order valence-corrected chi connectivity index (χ0v) is 17.4. The number of nitrogens with one attached hydrogen (secondary N) is 1. The fourth-order valence-electron chi connectivity index (χ4n) is 5.18. The summed E-state index contributed by atoms with van der Waals surface area (Å²) in [6.45, 7) is 7.69. The van der Waals surface area contributed by atoms with Gasteiger partial charge in [-0.2, -0.15) is 0 Å². The monoisotopic (exact) mass is 412 g/mol. The number of rotatable bonds is 9. The number of nitro groups is 1. The number of hydrogen-bond donors (Lipinski definition) is 1. The third-order valence-electron chi connectivity index (χ3n) is 6.77. The number of benzene rings is 1. The first-order chi connectivity index (χ1) is 14.5. The van der Waals surface area contributed by atoms with E-state index in [-0.39, 0.29) is 41.2 Å². The highest BCUT2D eigenvalue weighted by Crippen LogP contribution is 2.53. The maximum Gasteiger partial charge on any atom is 0.294 e. The number of carbonyl (C=O) groups is 2. The molecule has 2 fully saturated rings. The normalized spacial score (nSPS) is 26.7. The number of amides is 2. The van der Waals surface area contributed by atoms with E-state index in [1.807, 2.05) is 12.2 Å². The molecule has 0 aromatic heterocycles. The van der Waals surface area contributed by atoms with E-state index >= 15 is 0 Å². The van der Waals surface area contributed by atoms with Crippen molar-refractivity contribution in [3.63, 3.8) is 0 Å². The fraction of sp³-hybridized carbons (Fsp3) is 0.545. The van der Waals surface area contributed by atoms with Crippen LogP contribution in [0.1, 0.15) is 26.7 Å². The number of nitrogens with zero attached hydrogens (tertiary/aromatic N) is 3. The van der Waals surface area contributed by atoms with Crippen molar-refractivity contribution in [2.45, 2.75) is 26.7 Å². The summed E-state index contributed by atoms with van der Waals surface area (Å²) in [5, 5.41) is 14.8. The highest BCUT2D eigenvalue weighted by molar-refractivity contribution is 6.23. The summed E-state index contributed by atoms with van der Waals surface area (Å²) >= 11 is 0. The van der Waals surface area contributed by atoms with Crippen LogP contribution in [0.4, 0.5) is 17.1 Å². The smallest absolute Gasteiger partial charge is 0.294 e. The number of anilines is 2. The molecule has 8 nitrogen and oxygen atoms in total. The van der Waals surface area contributed by atoms with Crippen molar-refractivity contribution in [3.8, 4) is 0 Å². The first-order valence-corrected chi connectivity index (χ1v) is 10.8. The van der Waals surface area contributed by atoms with Gasteiger partial charge in [0.15, 0.2) is 0 Å². The van der Waals surface area contributed by atoms with Gasteiger partial charge < -0.3 is 10.2 Å². The number of fused-ring (bicyclic) bond motifs is 5. The Morgan fingerprint density at radius 1 is 1.13 bits per heavy atom. The van der Waals surface area contributed by atoms with Crippen LogP contribution in [-0.2, 0) is 9.59 Å². The summed E-state index contributed by atoms with van der Waals surface area (Å²) in [7, 11) is 0. The van der Waals surface area contributed by atoms with Gasteiger partial charge in [-0.3, -0.25) is 19.7 Å². The maximum atomic E-state index is 13.0. The van der Waals surface area contributed by atoms with Crippen LogP contribution < -0.4 is 10.2 Å². The van der Waals surface area contributed by atoms with Crippen LogP contribution in [0, 0.1) is 33.8 Å². The summed E-state index contributed by atoms with van der Waals surface area (Å²) < 4.78 is 0. The fourth-order valence-corrected chi connectivity index (χ4v) is 5.18. The third kappa shape index (κ3) is 3.39. The van der Waals surface area contributed by atoms with Crippen molar-refractivity contribution >= 4 is 28.9 Å². The van der Waals surface area contributed by atoms with Crippen LogP contribution >= 0.6 is 0 Å². The summed E-state index contributed by atoms with van der Waals surface area (Å²) in [6, 6.07) is 4.58. The minimum atomic E-state index is -0.465. The number of allylic oxidation sites excluding steroid dienone is 2. The average molecular weight is 412 g/mol. The summed E-state index contributed by atoms with van der Waals surface area (Å²) in [5.41, 5.74) is 0.581. The number of carbonyl (C=O) groups excluding carboxylic acids is 2. The Balaban J connectivity index is 1.49. The van der Waals surface area contributed by atoms with Gasteiger partial charge in [-0.05, 0) is 56.4 Å². The average Bonchev–Trinajstić information content (AvgIpc) is 3.42. The van der Waals surface area contributed by atoms with E-state index in [1.165, 1.54) is 11.0 Å². The molecular formula is C22H28N4O4. The molecule has 1 aromatic rings. The van der Waals surface area contributed by atoms with E-state index in [9.17, 15) is 19.7 Å². The molecule has 3 aliphatic rings. The van der Waals surface area contributed by atoms with Crippen LogP contribution in [0.15, 0.2) is 30.4 Å². The van der Waals surface area contributed by atoms with Crippen molar-refractivity contribution in [1.29, 1.82) is 0 Å². The van der Waals surface area contributed by atoms with Crippen molar-refractivity contribution in [3.05, 3.63) is 40.5 Å². The Morgan fingerprint density at radius 2 is 1.77 bits per heavy atom. The molecule has 4 unspecified atom stereocenters. The molecule has 4 rings (SSSR count). The van der Waals surface area contributed by atoms with Gasteiger partial charge >= 0.3 is 0 Å². The van der Waals surface area contributed by atoms with Gasteiger partial charge in [0.2, 0.25) is 11.8 Å². The van der Waals surface area contributed by atoms with E-state index < -0.39 is 4.92 Å². The molecule has 1 N–H and O–H groups in total. The second kappa shape index (κ2) is 8.18. The summed E-state index contributed by atoms with van der Waals surface area (Å²) in [6.07, 6.45) is 5.79. The van der Waals surface area contributed by atoms with Gasteiger partial charge in [-0.25, -0.2) is 4.90 Å². The first-order valence-electron chi connectivity index (χ1n) is 10.8. The number of nitro benzene ring substituents is 1. The van der Waals surface area contributed by atoms with Gasteiger partial charge in [0, 0.05) is 12.6 Å². The molecule has 1 saturated carbocycles. The second-order valence-electron chi connectivity index (χ2n) is 8.28. The predicted octanol–water partition coefficient (Wildman–Crippen LogP) is 3.05. The lowest BCUT2D eigenvalue weighted by molar-refractivity contribution is -0.383. The summed E-state index contributed by atoms with van der Waals surface area (Å²) in [4.78, 5) is 40.6. The lowest BCUT2D eigenvalue weighted by atomic mass is 9.85. The van der Waals surface area contributed by atoms with Gasteiger partial charge in [-0.1, -0.05) is 26.0 Å². The molecule has 0 radical (unpaired) electrons. The van der Waals surface area contributed by atoms with E-state index in [2.05, 4.69) is 24.1 Å². The van der Waals surface area contributed by atoms with Gasteiger partial charge in [0.05, 0.1) is 22.4 Å².